The number of nitrogens with zero attached hydrogens (tertiary/aromatic N) is 4. The molecule has 1 aliphatic rings. The van der Waals surface area contributed by atoms with E-state index >= 15 is 0 Å². The highest BCUT2D eigenvalue weighted by atomic mass is 35.5. The molecular formula is C27H25ClF6N4O5. The summed E-state index contributed by atoms with van der Waals surface area (Å²) in [7, 11) is 0. The third-order valence-corrected chi connectivity index (χ3v) is 7.01. The number of aromatic nitrogens is 3. The van der Waals surface area contributed by atoms with Crippen LogP contribution in [0.25, 0.3) is 11.4 Å². The number of carbonyl (C=O) groups excluding carboxylic acids is 2. The molecule has 2 unspecified atom stereocenters. The van der Waals surface area contributed by atoms with E-state index in [0.717, 1.165) is 18.2 Å². The third kappa shape index (κ3) is 7.83. The van der Waals surface area contributed by atoms with E-state index in [4.69, 9.17) is 16.3 Å². The molecule has 2 heterocycles. The maximum Gasteiger partial charge on any atom is 0.416 e. The van der Waals surface area contributed by atoms with E-state index in [0.29, 0.717) is 9.25 Å². The summed E-state index contributed by atoms with van der Waals surface area (Å²) in [5.74, 6) is -3.07. The Hall–Kier alpha value is -3.69. The van der Waals surface area contributed by atoms with Crippen LogP contribution >= 0.6 is 11.6 Å². The second kappa shape index (κ2) is 12.9. The molecule has 1 saturated heterocycles. The lowest BCUT2D eigenvalue weighted by Crippen LogP contribution is -2.43. The molecule has 0 spiro atoms. The number of amides is 1. The summed E-state index contributed by atoms with van der Waals surface area (Å²) in [6.07, 6.45) is -13.3. The molecular weight excluding hydrogens is 610 g/mol. The summed E-state index contributed by atoms with van der Waals surface area (Å²) in [5.41, 5.74) is -2.10. The van der Waals surface area contributed by atoms with Crippen molar-refractivity contribution >= 4 is 23.3 Å². The normalized spacial score (nSPS) is 15.8. The molecule has 0 aliphatic carbocycles. The number of benzene rings is 2. The predicted octanol–water partition coefficient (Wildman–Crippen LogP) is 3.91. The summed E-state index contributed by atoms with van der Waals surface area (Å²) in [5, 5.41) is 13.9. The quantitative estimate of drug-likeness (QED) is 0.358. The van der Waals surface area contributed by atoms with E-state index in [1.54, 1.807) is 0 Å². The number of aliphatic hydroxyl groups is 1. The molecule has 2 atom stereocenters. The predicted molar refractivity (Wildman–Crippen MR) is 140 cm³/mol. The smallest absolute Gasteiger partial charge is 0.382 e. The van der Waals surface area contributed by atoms with Gasteiger partial charge in [-0.05, 0) is 35.9 Å². The Morgan fingerprint density at radius 3 is 2.28 bits per heavy atom. The second-order valence-corrected chi connectivity index (χ2v) is 10.2. The van der Waals surface area contributed by atoms with Crippen molar-refractivity contribution in [3.63, 3.8) is 0 Å². The van der Waals surface area contributed by atoms with Crippen LogP contribution < -0.4 is 5.69 Å². The van der Waals surface area contributed by atoms with Crippen LogP contribution in [0.15, 0.2) is 53.3 Å². The van der Waals surface area contributed by atoms with Crippen molar-refractivity contribution in [3.8, 4) is 11.4 Å². The van der Waals surface area contributed by atoms with Gasteiger partial charge in [0.2, 0.25) is 5.91 Å². The fraction of sp³-hybridized carbons (Fsp3) is 0.407. The van der Waals surface area contributed by atoms with E-state index in [1.807, 2.05) is 0 Å². The van der Waals surface area contributed by atoms with Crippen molar-refractivity contribution in [1.82, 2.24) is 19.2 Å². The zero-order chi connectivity index (χ0) is 31.5. The number of rotatable bonds is 9. The maximum atomic E-state index is 13.4. The van der Waals surface area contributed by atoms with Crippen LogP contribution in [-0.4, -0.2) is 74.6 Å². The van der Waals surface area contributed by atoms with Crippen molar-refractivity contribution in [1.29, 1.82) is 0 Å². The van der Waals surface area contributed by atoms with Crippen LogP contribution in [0.3, 0.4) is 0 Å². The van der Waals surface area contributed by atoms with Gasteiger partial charge in [0.25, 0.3) is 0 Å². The van der Waals surface area contributed by atoms with Gasteiger partial charge in [0.15, 0.2) is 17.7 Å². The van der Waals surface area contributed by atoms with Crippen molar-refractivity contribution in [2.24, 2.45) is 0 Å². The standard InChI is InChI=1S/C27H25ClF6N4O5/c28-19-6-4-16(5-7-19)23-35-38(25(42)37(23)15-22(40)27(32,33)34)14-20(39)13-21(24(41)36-8-10-43-11-9-36)17-2-1-3-18(12-17)26(29,30)31/h1-7,12,21-22,40H,8-11,13-15H2. The molecule has 0 saturated carbocycles. The number of halogens is 7. The number of hydrogen-bond donors (Lipinski definition) is 1. The van der Waals surface area contributed by atoms with Crippen LogP contribution in [0.1, 0.15) is 23.5 Å². The van der Waals surface area contributed by atoms with Crippen LogP contribution in [0.5, 0.6) is 0 Å². The van der Waals surface area contributed by atoms with Gasteiger partial charge in [-0.3, -0.25) is 14.2 Å². The lowest BCUT2D eigenvalue weighted by atomic mass is 9.90. The molecule has 43 heavy (non-hydrogen) atoms. The van der Waals surface area contributed by atoms with Gasteiger partial charge in [-0.2, -0.15) is 26.3 Å². The van der Waals surface area contributed by atoms with Crippen molar-refractivity contribution in [2.45, 2.75) is 43.9 Å². The number of ether oxygens (including phenoxy) is 1. The summed E-state index contributed by atoms with van der Waals surface area (Å²) in [6, 6.07) is 9.52. The first-order valence-corrected chi connectivity index (χ1v) is 13.3. The monoisotopic (exact) mass is 634 g/mol. The average molecular weight is 635 g/mol. The van der Waals surface area contributed by atoms with Gasteiger partial charge < -0.3 is 14.7 Å². The number of morpholine rings is 1. The summed E-state index contributed by atoms with van der Waals surface area (Å²) in [6.45, 7) is -1.34. The Bertz CT molecular complexity index is 1510. The molecule has 232 valence electrons. The van der Waals surface area contributed by atoms with Gasteiger partial charge in [0, 0.05) is 30.1 Å². The van der Waals surface area contributed by atoms with Gasteiger partial charge in [-0.25, -0.2) is 9.48 Å². The molecule has 9 nitrogen and oxygen atoms in total. The Morgan fingerprint density at radius 2 is 1.67 bits per heavy atom. The SMILES string of the molecule is O=C(CC(C(=O)N1CCOCC1)c1cccc(C(F)(F)F)c1)Cn1nc(-c2ccc(Cl)cc2)n(CC(O)C(F)(F)F)c1=O. The first kappa shape index (κ1) is 32.2. The Morgan fingerprint density at radius 1 is 1.02 bits per heavy atom. The zero-order valence-electron chi connectivity index (χ0n) is 22.2. The van der Waals surface area contributed by atoms with Gasteiger partial charge in [-0.15, -0.1) is 5.10 Å². The molecule has 2 aromatic carbocycles. The molecule has 3 aromatic rings. The van der Waals surface area contributed by atoms with Crippen molar-refractivity contribution < 1.29 is 45.8 Å². The number of aliphatic hydroxyl groups excluding tert-OH is 1. The van der Waals surface area contributed by atoms with Crippen LogP contribution in [0.4, 0.5) is 26.3 Å². The minimum atomic E-state index is -5.06. The van der Waals surface area contributed by atoms with Crippen molar-refractivity contribution in [2.75, 3.05) is 26.3 Å². The van der Waals surface area contributed by atoms with Gasteiger partial charge in [-0.1, -0.05) is 29.8 Å². The van der Waals surface area contributed by atoms with Crippen LogP contribution in [-0.2, 0) is 33.6 Å². The summed E-state index contributed by atoms with van der Waals surface area (Å²) < 4.78 is 86.0. The number of Topliss-reactive ketones (excluding diaryl/α,β-unsaturated/α-hetero) is 1. The molecule has 1 amide bonds. The first-order valence-electron chi connectivity index (χ1n) is 12.9. The average Bonchev–Trinajstić information content (AvgIpc) is 3.25. The van der Waals surface area contributed by atoms with E-state index in [-0.39, 0.29) is 48.3 Å². The largest absolute Gasteiger partial charge is 0.416 e. The van der Waals surface area contributed by atoms with E-state index in [9.17, 15) is 45.8 Å². The highest BCUT2D eigenvalue weighted by Crippen LogP contribution is 2.33. The minimum absolute atomic E-state index is 0.0762. The van der Waals surface area contributed by atoms with Gasteiger partial charge >= 0.3 is 18.0 Å². The Balaban J connectivity index is 1.66. The third-order valence-electron chi connectivity index (χ3n) is 6.75. The lowest BCUT2D eigenvalue weighted by molar-refractivity contribution is -0.207. The number of alkyl halides is 6. The van der Waals surface area contributed by atoms with Crippen LogP contribution in [0, 0.1) is 0 Å². The Labute approximate surface area is 245 Å². The lowest BCUT2D eigenvalue weighted by Gasteiger charge is -2.30. The zero-order valence-corrected chi connectivity index (χ0v) is 23.0. The number of carbonyl (C=O) groups is 2. The fourth-order valence-corrected chi connectivity index (χ4v) is 4.67. The first-order chi connectivity index (χ1) is 20.1. The van der Waals surface area contributed by atoms with Crippen molar-refractivity contribution in [3.05, 3.63) is 75.2 Å². The Kier molecular flexibility index (Phi) is 9.66. The van der Waals surface area contributed by atoms with Crippen LogP contribution in [0.2, 0.25) is 5.02 Å². The fourth-order valence-electron chi connectivity index (χ4n) is 4.54. The number of ketones is 1. The summed E-state index contributed by atoms with van der Waals surface area (Å²) in [4.78, 5) is 41.1. The molecule has 1 aromatic heterocycles. The van der Waals surface area contributed by atoms with E-state index in [2.05, 4.69) is 5.10 Å². The molecule has 16 heteroatoms. The topological polar surface area (TPSA) is 107 Å². The molecule has 4 rings (SSSR count). The highest BCUT2D eigenvalue weighted by molar-refractivity contribution is 6.30. The van der Waals surface area contributed by atoms with Gasteiger partial charge in [0.1, 0.15) is 6.54 Å². The van der Waals surface area contributed by atoms with E-state index in [1.165, 1.54) is 35.2 Å². The second-order valence-electron chi connectivity index (χ2n) is 9.80. The molecule has 1 fully saturated rings. The highest BCUT2D eigenvalue weighted by Gasteiger charge is 2.40. The summed E-state index contributed by atoms with van der Waals surface area (Å²) >= 11 is 5.88. The van der Waals surface area contributed by atoms with Gasteiger partial charge in [0.05, 0.1) is 31.2 Å². The number of hydrogen-bond acceptors (Lipinski definition) is 6. The molecule has 1 N–H and O–H groups in total. The molecule has 0 bridgehead atoms. The molecule has 1 aliphatic heterocycles. The minimum Gasteiger partial charge on any atom is -0.382 e. The molecule has 0 radical (unpaired) electrons. The maximum absolute atomic E-state index is 13.4. The van der Waals surface area contributed by atoms with E-state index < -0.39 is 66.8 Å².